The monoisotopic (exact) mass is 407 g/mol. The number of hydrogen-bond donors (Lipinski definition) is 1. The number of para-hydroxylation sites is 1. The molecule has 0 saturated carbocycles. The van der Waals surface area contributed by atoms with Crippen LogP contribution in [0.3, 0.4) is 0 Å². The van der Waals surface area contributed by atoms with Gasteiger partial charge in [-0.25, -0.2) is 9.37 Å². The maximum Gasteiger partial charge on any atom is 0.261 e. The van der Waals surface area contributed by atoms with Gasteiger partial charge in [0, 0.05) is 13.0 Å². The highest BCUT2D eigenvalue weighted by molar-refractivity contribution is 5.91. The van der Waals surface area contributed by atoms with Crippen molar-refractivity contribution in [2.45, 2.75) is 26.8 Å². The fourth-order valence-corrected chi connectivity index (χ4v) is 3.14. The summed E-state index contributed by atoms with van der Waals surface area (Å²) in [5.41, 5.74) is 1.84. The standard InChI is InChI=1S/C20H18FN7O2/c1-12-4-3-5-15-19(12)22-11-27(20(15)30)9-8-18(29)23-17-10-14(6-7-16(17)21)28-13(2)24-25-26-28/h3-7,10-11H,8-9H2,1-2H3,(H,23,29). The molecule has 0 unspecified atom stereocenters. The molecule has 152 valence electrons. The van der Waals surface area contributed by atoms with Gasteiger partial charge < -0.3 is 5.32 Å². The van der Waals surface area contributed by atoms with E-state index >= 15 is 0 Å². The molecule has 0 spiro atoms. The predicted molar refractivity (Wildman–Crippen MR) is 108 cm³/mol. The van der Waals surface area contributed by atoms with Crippen LogP contribution in [0.4, 0.5) is 10.1 Å². The Bertz CT molecular complexity index is 1310. The van der Waals surface area contributed by atoms with Crippen molar-refractivity contribution in [1.82, 2.24) is 29.8 Å². The van der Waals surface area contributed by atoms with E-state index in [1.165, 1.54) is 33.8 Å². The average molecular weight is 407 g/mol. The summed E-state index contributed by atoms with van der Waals surface area (Å²) in [5.74, 6) is -0.495. The molecule has 2 heterocycles. The summed E-state index contributed by atoms with van der Waals surface area (Å²) < 4.78 is 17.0. The van der Waals surface area contributed by atoms with Gasteiger partial charge in [0.15, 0.2) is 5.82 Å². The van der Waals surface area contributed by atoms with Gasteiger partial charge in [0.05, 0.1) is 28.6 Å². The second-order valence-electron chi connectivity index (χ2n) is 6.81. The lowest BCUT2D eigenvalue weighted by atomic mass is 10.1. The molecule has 0 radical (unpaired) electrons. The third kappa shape index (κ3) is 3.66. The van der Waals surface area contributed by atoms with E-state index in [-0.39, 0.29) is 24.2 Å². The molecule has 0 atom stereocenters. The Kier molecular flexibility index (Phi) is 5.05. The van der Waals surface area contributed by atoms with E-state index < -0.39 is 11.7 Å². The van der Waals surface area contributed by atoms with Crippen molar-refractivity contribution in [2.24, 2.45) is 0 Å². The zero-order valence-corrected chi connectivity index (χ0v) is 16.3. The second kappa shape index (κ2) is 7.82. The highest BCUT2D eigenvalue weighted by Crippen LogP contribution is 2.19. The zero-order chi connectivity index (χ0) is 21.3. The number of aryl methyl sites for hydroxylation is 3. The largest absolute Gasteiger partial charge is 0.323 e. The molecule has 2 aromatic heterocycles. The number of hydrogen-bond acceptors (Lipinski definition) is 6. The average Bonchev–Trinajstić information content (AvgIpc) is 3.16. The SMILES string of the molecule is Cc1cccc2c(=O)n(CCC(=O)Nc3cc(-n4nnnc4C)ccc3F)cnc12. The summed E-state index contributed by atoms with van der Waals surface area (Å²) >= 11 is 0. The molecule has 30 heavy (non-hydrogen) atoms. The van der Waals surface area contributed by atoms with Crippen LogP contribution in [-0.4, -0.2) is 35.7 Å². The molecule has 4 aromatic rings. The van der Waals surface area contributed by atoms with Gasteiger partial charge in [-0.05, 0) is 54.1 Å². The fraction of sp³-hybridized carbons (Fsp3) is 0.200. The van der Waals surface area contributed by atoms with Crippen LogP contribution in [0.5, 0.6) is 0 Å². The molecule has 0 saturated heterocycles. The Balaban J connectivity index is 1.50. The van der Waals surface area contributed by atoms with Crippen LogP contribution in [0, 0.1) is 19.7 Å². The lowest BCUT2D eigenvalue weighted by Crippen LogP contribution is -2.24. The zero-order valence-electron chi connectivity index (χ0n) is 16.3. The first-order chi connectivity index (χ1) is 14.4. The molecule has 1 N–H and O–H groups in total. The van der Waals surface area contributed by atoms with Gasteiger partial charge in [0.2, 0.25) is 5.91 Å². The van der Waals surface area contributed by atoms with E-state index in [9.17, 15) is 14.0 Å². The van der Waals surface area contributed by atoms with Gasteiger partial charge in [-0.15, -0.1) is 5.10 Å². The quantitative estimate of drug-likeness (QED) is 0.543. The number of aromatic nitrogens is 6. The lowest BCUT2D eigenvalue weighted by molar-refractivity contribution is -0.116. The number of fused-ring (bicyclic) bond motifs is 1. The molecular formula is C20H18FN7O2. The van der Waals surface area contributed by atoms with Gasteiger partial charge in [-0.2, -0.15) is 4.68 Å². The molecule has 1 amide bonds. The summed E-state index contributed by atoms with van der Waals surface area (Å²) in [4.78, 5) is 29.3. The summed E-state index contributed by atoms with van der Waals surface area (Å²) in [6.07, 6.45) is 1.40. The smallest absolute Gasteiger partial charge is 0.261 e. The van der Waals surface area contributed by atoms with Crippen molar-refractivity contribution in [2.75, 3.05) is 5.32 Å². The van der Waals surface area contributed by atoms with E-state index in [2.05, 4.69) is 25.8 Å². The van der Waals surface area contributed by atoms with E-state index in [4.69, 9.17) is 0 Å². The van der Waals surface area contributed by atoms with Crippen LogP contribution < -0.4 is 10.9 Å². The van der Waals surface area contributed by atoms with Gasteiger partial charge in [-0.3, -0.25) is 14.2 Å². The normalized spacial score (nSPS) is 11.0. The molecule has 10 heteroatoms. The van der Waals surface area contributed by atoms with Gasteiger partial charge >= 0.3 is 0 Å². The second-order valence-corrected chi connectivity index (χ2v) is 6.81. The van der Waals surface area contributed by atoms with Crippen LogP contribution >= 0.6 is 0 Å². The molecule has 4 rings (SSSR count). The summed E-state index contributed by atoms with van der Waals surface area (Å²) in [5, 5.41) is 14.2. The number of amides is 1. The van der Waals surface area contributed by atoms with Gasteiger partial charge in [-0.1, -0.05) is 12.1 Å². The van der Waals surface area contributed by atoms with Crippen LogP contribution in [0.1, 0.15) is 17.8 Å². The highest BCUT2D eigenvalue weighted by Gasteiger charge is 2.12. The summed E-state index contributed by atoms with van der Waals surface area (Å²) in [6, 6.07) is 9.56. The molecule has 0 aliphatic carbocycles. The number of carbonyl (C=O) groups is 1. The number of carbonyl (C=O) groups excluding carboxylic acids is 1. The van der Waals surface area contributed by atoms with Crippen molar-refractivity contribution in [1.29, 1.82) is 0 Å². The van der Waals surface area contributed by atoms with E-state index in [1.807, 2.05) is 13.0 Å². The Hall–Kier alpha value is -3.95. The first-order valence-electron chi connectivity index (χ1n) is 9.23. The predicted octanol–water partition coefficient (Wildman–Crippen LogP) is 2.16. The fourth-order valence-electron chi connectivity index (χ4n) is 3.14. The first-order valence-corrected chi connectivity index (χ1v) is 9.23. The molecule has 0 bridgehead atoms. The Morgan fingerprint density at radius 2 is 2.03 bits per heavy atom. The Labute approximate surface area is 170 Å². The van der Waals surface area contributed by atoms with E-state index in [0.717, 1.165) is 5.56 Å². The number of rotatable bonds is 5. The molecular weight excluding hydrogens is 389 g/mol. The van der Waals surface area contributed by atoms with Gasteiger partial charge in [0.25, 0.3) is 5.56 Å². The van der Waals surface area contributed by atoms with Crippen LogP contribution in [0.15, 0.2) is 47.5 Å². The Morgan fingerprint density at radius 3 is 2.80 bits per heavy atom. The van der Waals surface area contributed by atoms with Crippen molar-refractivity contribution in [3.63, 3.8) is 0 Å². The van der Waals surface area contributed by atoms with Crippen molar-refractivity contribution in [3.8, 4) is 5.69 Å². The molecule has 0 aliphatic rings. The number of nitrogens with zero attached hydrogens (tertiary/aromatic N) is 6. The van der Waals surface area contributed by atoms with Crippen LogP contribution in [-0.2, 0) is 11.3 Å². The number of tetrazole rings is 1. The van der Waals surface area contributed by atoms with Gasteiger partial charge in [0.1, 0.15) is 5.82 Å². The third-order valence-electron chi connectivity index (χ3n) is 4.73. The lowest BCUT2D eigenvalue weighted by Gasteiger charge is -2.10. The van der Waals surface area contributed by atoms with Crippen molar-refractivity contribution >= 4 is 22.5 Å². The number of nitrogens with one attached hydrogen (secondary N) is 1. The molecule has 9 nitrogen and oxygen atoms in total. The number of benzene rings is 2. The van der Waals surface area contributed by atoms with Crippen molar-refractivity contribution < 1.29 is 9.18 Å². The van der Waals surface area contributed by atoms with E-state index in [1.54, 1.807) is 19.1 Å². The minimum absolute atomic E-state index is 0.00649. The van der Waals surface area contributed by atoms with Crippen molar-refractivity contribution in [3.05, 3.63) is 70.3 Å². The first kappa shape index (κ1) is 19.4. The minimum atomic E-state index is -0.585. The van der Waals surface area contributed by atoms with Crippen LogP contribution in [0.25, 0.3) is 16.6 Å². The maximum atomic E-state index is 14.2. The number of halogens is 1. The maximum absolute atomic E-state index is 14.2. The minimum Gasteiger partial charge on any atom is -0.323 e. The molecule has 0 aliphatic heterocycles. The Morgan fingerprint density at radius 1 is 1.20 bits per heavy atom. The van der Waals surface area contributed by atoms with E-state index in [0.29, 0.717) is 22.4 Å². The molecule has 2 aromatic carbocycles. The summed E-state index contributed by atoms with van der Waals surface area (Å²) in [7, 11) is 0. The third-order valence-corrected chi connectivity index (χ3v) is 4.73. The number of anilines is 1. The van der Waals surface area contributed by atoms with Crippen LogP contribution in [0.2, 0.25) is 0 Å². The topological polar surface area (TPSA) is 108 Å². The molecule has 0 fully saturated rings. The highest BCUT2D eigenvalue weighted by atomic mass is 19.1. The summed E-state index contributed by atoms with van der Waals surface area (Å²) in [6.45, 7) is 3.71.